The number of anilines is 2. The minimum atomic E-state index is -4.17. The number of rotatable bonds is 7. The number of allylic oxidation sites excluding steroid dienone is 1. The first-order valence-corrected chi connectivity index (χ1v) is 13.5. The zero-order valence-electron chi connectivity index (χ0n) is 20.3. The second-order valence-electron chi connectivity index (χ2n) is 9.00. The van der Waals surface area contributed by atoms with Crippen molar-refractivity contribution in [3.63, 3.8) is 0 Å². The van der Waals surface area contributed by atoms with Crippen LogP contribution in [0.2, 0.25) is 10.0 Å². The number of nitrogens with one attached hydrogen (secondary N) is 1. The minimum Gasteiger partial charge on any atom is -0.454 e. The molecular weight excluding hydrogens is 535 g/mol. The van der Waals surface area contributed by atoms with E-state index < -0.39 is 33.8 Å². The van der Waals surface area contributed by atoms with Crippen LogP contribution in [0.4, 0.5) is 11.4 Å². The lowest BCUT2D eigenvalue weighted by atomic mass is 9.83. The Bertz CT molecular complexity index is 1530. The molecule has 37 heavy (non-hydrogen) atoms. The number of benzene rings is 3. The highest BCUT2D eigenvalue weighted by molar-refractivity contribution is 7.92. The molecule has 4 rings (SSSR count). The number of likely N-dealkylation sites (N-methyl/N-ethyl adjacent to an activating group) is 1. The quantitative estimate of drug-likeness (QED) is 0.289. The van der Waals surface area contributed by atoms with E-state index in [1.54, 1.807) is 12.1 Å². The van der Waals surface area contributed by atoms with E-state index in [9.17, 15) is 18.0 Å². The molecule has 0 amide bonds. The Kier molecular flexibility index (Phi) is 7.37. The fourth-order valence-electron chi connectivity index (χ4n) is 4.30. The fraction of sp³-hybridized carbons (Fsp3) is 0.185. The highest BCUT2D eigenvalue weighted by Crippen LogP contribution is 2.46. The SMILES string of the molecule is CN1C(=CC(=O)COC(=O)c2ccccc2NS(=O)(=O)c2cc(Cl)ccc2Cl)C(C)(C)c2ccccc21. The molecule has 0 fully saturated rings. The van der Waals surface area contributed by atoms with Gasteiger partial charge in [-0.05, 0) is 42.0 Å². The summed E-state index contributed by atoms with van der Waals surface area (Å²) in [4.78, 5) is 27.3. The Morgan fingerprint density at radius 2 is 1.70 bits per heavy atom. The summed E-state index contributed by atoms with van der Waals surface area (Å²) in [7, 11) is -2.29. The van der Waals surface area contributed by atoms with Gasteiger partial charge in [0.15, 0.2) is 12.4 Å². The van der Waals surface area contributed by atoms with E-state index in [-0.39, 0.29) is 26.2 Å². The average molecular weight is 559 g/mol. The summed E-state index contributed by atoms with van der Waals surface area (Å²) in [5.41, 5.74) is 2.38. The van der Waals surface area contributed by atoms with Crippen LogP contribution in [0.3, 0.4) is 0 Å². The zero-order chi connectivity index (χ0) is 27.0. The van der Waals surface area contributed by atoms with E-state index in [1.807, 2.05) is 50.1 Å². The molecule has 0 saturated heterocycles. The number of hydrogen-bond donors (Lipinski definition) is 1. The molecule has 3 aromatic rings. The molecule has 1 aliphatic rings. The van der Waals surface area contributed by atoms with Gasteiger partial charge in [0.1, 0.15) is 4.90 Å². The molecule has 0 unspecified atom stereocenters. The number of carbonyl (C=O) groups is 2. The van der Waals surface area contributed by atoms with Crippen molar-refractivity contribution >= 4 is 56.4 Å². The molecule has 0 spiro atoms. The Balaban J connectivity index is 1.50. The Hall–Kier alpha value is -3.33. The summed E-state index contributed by atoms with van der Waals surface area (Å²) in [6, 6.07) is 17.8. The number of ketones is 1. The molecule has 192 valence electrons. The second-order valence-corrected chi connectivity index (χ2v) is 11.5. The lowest BCUT2D eigenvalue weighted by Gasteiger charge is -2.23. The Morgan fingerprint density at radius 3 is 2.43 bits per heavy atom. The van der Waals surface area contributed by atoms with Crippen LogP contribution in [-0.2, 0) is 25.0 Å². The predicted octanol–water partition coefficient (Wildman–Crippen LogP) is 5.83. The number of nitrogens with zero attached hydrogens (tertiary/aromatic N) is 1. The number of para-hydroxylation sites is 2. The lowest BCUT2D eigenvalue weighted by molar-refractivity contribution is -0.117. The molecular formula is C27H24Cl2N2O5S. The first-order chi connectivity index (χ1) is 17.4. The van der Waals surface area contributed by atoms with Crippen molar-refractivity contribution in [1.29, 1.82) is 0 Å². The fourth-order valence-corrected chi connectivity index (χ4v) is 6.14. The molecule has 0 saturated carbocycles. The largest absolute Gasteiger partial charge is 0.454 e. The van der Waals surface area contributed by atoms with Crippen LogP contribution in [0.5, 0.6) is 0 Å². The molecule has 0 aliphatic carbocycles. The van der Waals surface area contributed by atoms with Gasteiger partial charge in [-0.3, -0.25) is 9.52 Å². The molecule has 1 N–H and O–H groups in total. The van der Waals surface area contributed by atoms with Crippen LogP contribution >= 0.6 is 23.2 Å². The molecule has 10 heteroatoms. The van der Waals surface area contributed by atoms with Gasteiger partial charge in [0, 0.05) is 34.9 Å². The molecule has 1 heterocycles. The lowest BCUT2D eigenvalue weighted by Crippen LogP contribution is -2.25. The molecule has 0 atom stereocenters. The number of halogens is 2. The van der Waals surface area contributed by atoms with E-state index in [2.05, 4.69) is 4.72 Å². The molecule has 7 nitrogen and oxygen atoms in total. The van der Waals surface area contributed by atoms with Crippen molar-refractivity contribution in [2.45, 2.75) is 24.2 Å². The summed E-state index contributed by atoms with van der Waals surface area (Å²) in [6.07, 6.45) is 1.48. The molecule has 0 aromatic heterocycles. The van der Waals surface area contributed by atoms with E-state index in [0.717, 1.165) is 16.9 Å². The highest BCUT2D eigenvalue weighted by Gasteiger charge is 2.38. The Morgan fingerprint density at radius 1 is 1.03 bits per heavy atom. The van der Waals surface area contributed by atoms with Crippen molar-refractivity contribution in [1.82, 2.24) is 0 Å². The van der Waals surface area contributed by atoms with Crippen LogP contribution in [0.25, 0.3) is 0 Å². The third kappa shape index (κ3) is 5.37. The first-order valence-electron chi connectivity index (χ1n) is 11.2. The van der Waals surface area contributed by atoms with E-state index >= 15 is 0 Å². The van der Waals surface area contributed by atoms with Gasteiger partial charge >= 0.3 is 5.97 Å². The van der Waals surface area contributed by atoms with Crippen LogP contribution in [0.1, 0.15) is 29.8 Å². The van der Waals surface area contributed by atoms with Crippen molar-refractivity contribution < 1.29 is 22.7 Å². The molecule has 1 aliphatic heterocycles. The maximum atomic E-state index is 12.9. The van der Waals surface area contributed by atoms with Crippen molar-refractivity contribution in [3.8, 4) is 0 Å². The number of carbonyl (C=O) groups excluding carboxylic acids is 2. The normalized spacial score (nSPS) is 15.4. The Labute approximate surface area is 225 Å². The number of esters is 1. The van der Waals surface area contributed by atoms with Gasteiger partial charge < -0.3 is 9.64 Å². The van der Waals surface area contributed by atoms with E-state index in [1.165, 1.54) is 36.4 Å². The van der Waals surface area contributed by atoms with Gasteiger partial charge in [0.05, 0.1) is 16.3 Å². The number of hydrogen-bond acceptors (Lipinski definition) is 6. The molecule has 3 aromatic carbocycles. The molecule has 0 radical (unpaired) electrons. The topological polar surface area (TPSA) is 92.8 Å². The average Bonchev–Trinajstić information content (AvgIpc) is 3.04. The van der Waals surface area contributed by atoms with Gasteiger partial charge in [0.2, 0.25) is 0 Å². The summed E-state index contributed by atoms with van der Waals surface area (Å²) >= 11 is 12.0. The van der Waals surface area contributed by atoms with Crippen LogP contribution in [0, 0.1) is 0 Å². The summed E-state index contributed by atoms with van der Waals surface area (Å²) < 4.78 is 33.4. The third-order valence-electron chi connectivity index (χ3n) is 6.16. The second kappa shape index (κ2) is 10.2. The van der Waals surface area contributed by atoms with Gasteiger partial charge in [-0.15, -0.1) is 0 Å². The van der Waals surface area contributed by atoms with E-state index in [4.69, 9.17) is 27.9 Å². The van der Waals surface area contributed by atoms with Crippen LogP contribution < -0.4 is 9.62 Å². The van der Waals surface area contributed by atoms with Gasteiger partial charge in [-0.25, -0.2) is 13.2 Å². The molecule has 0 bridgehead atoms. The first kappa shape index (κ1) is 26.7. The van der Waals surface area contributed by atoms with Crippen molar-refractivity contribution in [2.24, 2.45) is 0 Å². The monoisotopic (exact) mass is 558 g/mol. The summed E-state index contributed by atoms with van der Waals surface area (Å²) in [5, 5.41) is 0.154. The third-order valence-corrected chi connectivity index (χ3v) is 8.24. The zero-order valence-corrected chi connectivity index (χ0v) is 22.6. The van der Waals surface area contributed by atoms with Crippen LogP contribution in [-0.4, -0.2) is 33.8 Å². The standard InChI is InChI=1S/C27H24Cl2N2O5S/c1-27(2)20-9-5-7-11-23(20)31(3)25(27)15-18(32)16-36-26(33)19-8-4-6-10-22(19)30-37(34,35)24-14-17(28)12-13-21(24)29/h4-15,30H,16H2,1-3H3. The highest BCUT2D eigenvalue weighted by atomic mass is 35.5. The summed E-state index contributed by atoms with van der Waals surface area (Å²) in [6.45, 7) is 3.54. The van der Waals surface area contributed by atoms with Crippen LogP contribution in [0.15, 0.2) is 83.4 Å². The smallest absolute Gasteiger partial charge is 0.340 e. The van der Waals surface area contributed by atoms with Gasteiger partial charge in [0.25, 0.3) is 10.0 Å². The van der Waals surface area contributed by atoms with E-state index in [0.29, 0.717) is 0 Å². The number of ether oxygens (including phenoxy) is 1. The number of fused-ring (bicyclic) bond motifs is 1. The number of sulfonamides is 1. The maximum absolute atomic E-state index is 12.9. The van der Waals surface area contributed by atoms with Gasteiger partial charge in [-0.1, -0.05) is 67.4 Å². The minimum absolute atomic E-state index is 0.0264. The van der Waals surface area contributed by atoms with Crippen molar-refractivity contribution in [2.75, 3.05) is 23.3 Å². The predicted molar refractivity (Wildman–Crippen MR) is 145 cm³/mol. The van der Waals surface area contributed by atoms with Crippen molar-refractivity contribution in [3.05, 3.63) is 99.7 Å². The summed E-state index contributed by atoms with van der Waals surface area (Å²) in [5.74, 6) is -1.26. The van der Waals surface area contributed by atoms with Gasteiger partial charge in [-0.2, -0.15) is 0 Å². The maximum Gasteiger partial charge on any atom is 0.340 e.